The van der Waals surface area contributed by atoms with Crippen LogP contribution >= 0.6 is 0 Å². The smallest absolute Gasteiger partial charge is 0.329 e. The highest BCUT2D eigenvalue weighted by Gasteiger charge is 2.40. The molecule has 1 saturated carbocycles. The Kier molecular flexibility index (Phi) is 5.41. The van der Waals surface area contributed by atoms with Crippen LogP contribution in [0.15, 0.2) is 24.3 Å². The highest BCUT2D eigenvalue weighted by Crippen LogP contribution is 2.28. The van der Waals surface area contributed by atoms with Gasteiger partial charge in [0.15, 0.2) is 0 Å². The van der Waals surface area contributed by atoms with Crippen molar-refractivity contribution >= 4 is 11.9 Å². The number of benzene rings is 1. The predicted molar refractivity (Wildman–Crippen MR) is 83.1 cm³/mol. The van der Waals surface area contributed by atoms with Crippen molar-refractivity contribution < 1.29 is 19.4 Å². The van der Waals surface area contributed by atoms with Gasteiger partial charge in [0.1, 0.15) is 11.3 Å². The fourth-order valence-corrected chi connectivity index (χ4v) is 2.88. The Balaban J connectivity index is 2.12. The van der Waals surface area contributed by atoms with Crippen LogP contribution in [0, 0.1) is 0 Å². The Bertz CT molecular complexity index is 516. The molecule has 5 heteroatoms. The molecule has 0 saturated heterocycles. The van der Waals surface area contributed by atoms with Gasteiger partial charge < -0.3 is 15.2 Å². The summed E-state index contributed by atoms with van der Waals surface area (Å²) in [6.07, 6.45) is 4.68. The summed E-state index contributed by atoms with van der Waals surface area (Å²) in [5.41, 5.74) is -0.681. The number of ether oxygens (including phenoxy) is 1. The summed E-state index contributed by atoms with van der Waals surface area (Å²) in [5.74, 6) is -0.581. The van der Waals surface area contributed by atoms with Crippen molar-refractivity contribution in [1.29, 1.82) is 0 Å². The van der Waals surface area contributed by atoms with E-state index >= 15 is 0 Å². The molecule has 2 rings (SSSR count). The summed E-state index contributed by atoms with van der Waals surface area (Å²) in [5, 5.41) is 12.3. The summed E-state index contributed by atoms with van der Waals surface area (Å²) >= 11 is 0. The number of aliphatic carboxylic acids is 1. The third-order valence-corrected chi connectivity index (χ3v) is 4.15. The predicted octanol–water partition coefficient (Wildman–Crippen LogP) is 2.99. The van der Waals surface area contributed by atoms with Crippen molar-refractivity contribution in [1.82, 2.24) is 5.32 Å². The van der Waals surface area contributed by atoms with E-state index in [4.69, 9.17) is 4.74 Å². The lowest BCUT2D eigenvalue weighted by Gasteiger charge is -2.29. The second kappa shape index (κ2) is 7.29. The SMILES string of the molecule is CCOc1ccc(C(=O)NC2(C(=O)O)CCCCCC2)cc1. The Morgan fingerprint density at radius 2 is 1.73 bits per heavy atom. The number of hydrogen-bond acceptors (Lipinski definition) is 3. The molecule has 1 amide bonds. The van der Waals surface area contributed by atoms with Crippen molar-refractivity contribution in [2.24, 2.45) is 0 Å². The normalized spacial score (nSPS) is 17.3. The molecule has 0 bridgehead atoms. The van der Waals surface area contributed by atoms with E-state index in [1.165, 1.54) is 0 Å². The van der Waals surface area contributed by atoms with Crippen molar-refractivity contribution in [3.8, 4) is 5.75 Å². The monoisotopic (exact) mass is 305 g/mol. The molecular formula is C17H23NO4. The van der Waals surface area contributed by atoms with Crippen LogP contribution in [0.3, 0.4) is 0 Å². The standard InChI is InChI=1S/C17H23NO4/c1-2-22-14-9-7-13(8-10-14)15(19)18-17(16(20)21)11-5-3-4-6-12-17/h7-10H,2-6,11-12H2,1H3,(H,18,19)(H,20,21). The average molecular weight is 305 g/mol. The maximum absolute atomic E-state index is 12.4. The molecule has 0 unspecified atom stereocenters. The molecule has 1 aliphatic carbocycles. The lowest BCUT2D eigenvalue weighted by atomic mass is 9.90. The molecule has 1 aliphatic rings. The maximum atomic E-state index is 12.4. The number of carboxylic acids is 1. The number of carboxylic acid groups (broad SMARTS) is 1. The molecule has 1 fully saturated rings. The van der Waals surface area contributed by atoms with Crippen LogP contribution in [0.5, 0.6) is 5.75 Å². The topological polar surface area (TPSA) is 75.6 Å². The number of amides is 1. The number of rotatable bonds is 5. The summed E-state index contributed by atoms with van der Waals surface area (Å²) < 4.78 is 5.34. The van der Waals surface area contributed by atoms with E-state index in [0.717, 1.165) is 25.7 Å². The summed E-state index contributed by atoms with van der Waals surface area (Å²) in [6.45, 7) is 2.46. The second-order valence-electron chi connectivity index (χ2n) is 5.71. The molecule has 0 spiro atoms. The van der Waals surface area contributed by atoms with Crippen molar-refractivity contribution in [3.05, 3.63) is 29.8 Å². The van der Waals surface area contributed by atoms with Gasteiger partial charge in [0.2, 0.25) is 0 Å². The van der Waals surface area contributed by atoms with Crippen LogP contribution in [0.25, 0.3) is 0 Å². The van der Waals surface area contributed by atoms with Gasteiger partial charge in [-0.1, -0.05) is 25.7 Å². The second-order valence-corrected chi connectivity index (χ2v) is 5.71. The fourth-order valence-electron chi connectivity index (χ4n) is 2.88. The van der Waals surface area contributed by atoms with Gasteiger partial charge in [0.25, 0.3) is 5.91 Å². The van der Waals surface area contributed by atoms with Crippen molar-refractivity contribution in [2.45, 2.75) is 51.0 Å². The van der Waals surface area contributed by atoms with Crippen molar-refractivity contribution in [3.63, 3.8) is 0 Å². The van der Waals surface area contributed by atoms with Crippen LogP contribution in [0.1, 0.15) is 55.8 Å². The molecule has 0 aliphatic heterocycles. The first-order chi connectivity index (χ1) is 10.6. The summed E-state index contributed by atoms with van der Waals surface area (Å²) in [6, 6.07) is 6.76. The average Bonchev–Trinajstić information content (AvgIpc) is 2.75. The lowest BCUT2D eigenvalue weighted by Crippen LogP contribution is -2.54. The van der Waals surface area contributed by atoms with Crippen molar-refractivity contribution in [2.75, 3.05) is 6.61 Å². The minimum Gasteiger partial charge on any atom is -0.494 e. The van der Waals surface area contributed by atoms with E-state index in [2.05, 4.69) is 5.32 Å². The van der Waals surface area contributed by atoms with Gasteiger partial charge in [-0.25, -0.2) is 4.79 Å². The number of carbonyl (C=O) groups excluding carboxylic acids is 1. The van der Waals surface area contributed by atoms with Crippen LogP contribution in [-0.2, 0) is 4.79 Å². The van der Waals surface area contributed by atoms with Crippen LogP contribution in [0.4, 0.5) is 0 Å². The largest absolute Gasteiger partial charge is 0.494 e. The van der Waals surface area contributed by atoms with Crippen LogP contribution in [-0.4, -0.2) is 29.1 Å². The molecular weight excluding hydrogens is 282 g/mol. The molecule has 2 N–H and O–H groups in total. The molecule has 0 radical (unpaired) electrons. The summed E-state index contributed by atoms with van der Waals surface area (Å²) in [4.78, 5) is 24.1. The molecule has 0 heterocycles. The quantitative estimate of drug-likeness (QED) is 0.820. The Morgan fingerprint density at radius 1 is 1.14 bits per heavy atom. The highest BCUT2D eigenvalue weighted by molar-refractivity contribution is 5.98. The highest BCUT2D eigenvalue weighted by atomic mass is 16.5. The Morgan fingerprint density at radius 3 is 2.23 bits per heavy atom. The van der Waals surface area contributed by atoms with Gasteiger partial charge in [-0.2, -0.15) is 0 Å². The molecule has 120 valence electrons. The van der Waals surface area contributed by atoms with E-state index in [1.54, 1.807) is 24.3 Å². The molecule has 22 heavy (non-hydrogen) atoms. The third-order valence-electron chi connectivity index (χ3n) is 4.15. The number of carbonyl (C=O) groups is 2. The van der Waals surface area contributed by atoms with Gasteiger partial charge in [0.05, 0.1) is 6.61 Å². The fraction of sp³-hybridized carbons (Fsp3) is 0.529. The maximum Gasteiger partial charge on any atom is 0.329 e. The van der Waals surface area contributed by atoms with E-state index in [9.17, 15) is 14.7 Å². The van der Waals surface area contributed by atoms with Gasteiger partial charge in [-0.05, 0) is 44.0 Å². The van der Waals surface area contributed by atoms with Gasteiger partial charge >= 0.3 is 5.97 Å². The molecule has 0 aromatic heterocycles. The number of nitrogens with one attached hydrogen (secondary N) is 1. The summed E-state index contributed by atoms with van der Waals surface area (Å²) in [7, 11) is 0. The van der Waals surface area contributed by atoms with E-state index in [1.807, 2.05) is 6.92 Å². The number of hydrogen-bond donors (Lipinski definition) is 2. The van der Waals surface area contributed by atoms with E-state index < -0.39 is 11.5 Å². The van der Waals surface area contributed by atoms with E-state index in [-0.39, 0.29) is 5.91 Å². The molecule has 5 nitrogen and oxygen atoms in total. The minimum absolute atomic E-state index is 0.340. The van der Waals surface area contributed by atoms with Gasteiger partial charge in [-0.3, -0.25) is 4.79 Å². The zero-order chi connectivity index (χ0) is 16.0. The first-order valence-corrected chi connectivity index (χ1v) is 7.86. The van der Waals surface area contributed by atoms with E-state index in [0.29, 0.717) is 30.8 Å². The third kappa shape index (κ3) is 3.78. The zero-order valence-corrected chi connectivity index (χ0v) is 12.9. The minimum atomic E-state index is -1.13. The first-order valence-electron chi connectivity index (χ1n) is 7.86. The first kappa shape index (κ1) is 16.3. The zero-order valence-electron chi connectivity index (χ0n) is 12.9. The molecule has 0 atom stereocenters. The van der Waals surface area contributed by atoms with Gasteiger partial charge in [-0.15, -0.1) is 0 Å². The molecule has 1 aromatic carbocycles. The Hall–Kier alpha value is -2.04. The van der Waals surface area contributed by atoms with Gasteiger partial charge in [0, 0.05) is 5.56 Å². The Labute approximate surface area is 130 Å². The van der Waals surface area contributed by atoms with Crippen LogP contribution in [0.2, 0.25) is 0 Å². The molecule has 1 aromatic rings. The lowest BCUT2D eigenvalue weighted by molar-refractivity contribution is -0.145. The van der Waals surface area contributed by atoms with Crippen LogP contribution < -0.4 is 10.1 Å².